The summed E-state index contributed by atoms with van der Waals surface area (Å²) >= 11 is 0. The van der Waals surface area contributed by atoms with E-state index in [1.807, 2.05) is 0 Å². The van der Waals surface area contributed by atoms with Gasteiger partial charge in [-0.15, -0.1) is 0 Å². The van der Waals surface area contributed by atoms with Gasteiger partial charge in [-0.25, -0.2) is 9.59 Å². The van der Waals surface area contributed by atoms with E-state index in [2.05, 4.69) is 41.4 Å². The smallest absolute Gasteiger partial charge is 0.338 e. The number of rotatable bonds is 7. The lowest BCUT2D eigenvalue weighted by Crippen LogP contribution is -2.49. The minimum Gasteiger partial charge on any atom is -0.452 e. The standard InChI is InChI=1S/C23H28N4O4/c1-17-3-2-4-19(13-17)15-26-9-11-27(12-10-26)21(28)16-31-22(29)20-7-5-18(6-8-20)14-25-23(24)30/h2-8,13H,9-12,14-16H2,1H3,(H3,24,25,30). The SMILES string of the molecule is Cc1cccc(CN2CCN(C(=O)COC(=O)c3ccc(CNC(N)=O)cc3)CC2)c1. The lowest BCUT2D eigenvalue weighted by molar-refractivity contribution is -0.136. The van der Waals surface area contributed by atoms with Crippen LogP contribution < -0.4 is 11.1 Å². The van der Waals surface area contributed by atoms with Gasteiger partial charge in [-0.3, -0.25) is 9.69 Å². The molecule has 0 saturated carbocycles. The van der Waals surface area contributed by atoms with Crippen LogP contribution >= 0.6 is 0 Å². The minimum atomic E-state index is -0.613. The van der Waals surface area contributed by atoms with Crippen LogP contribution in [-0.4, -0.2) is 60.5 Å². The number of ether oxygens (including phenoxy) is 1. The number of hydrogen-bond acceptors (Lipinski definition) is 5. The average molecular weight is 425 g/mol. The second-order valence-electron chi connectivity index (χ2n) is 7.64. The molecule has 164 valence electrons. The van der Waals surface area contributed by atoms with Gasteiger partial charge in [0.2, 0.25) is 0 Å². The first-order valence-corrected chi connectivity index (χ1v) is 10.3. The molecule has 2 aromatic carbocycles. The highest BCUT2D eigenvalue weighted by Crippen LogP contribution is 2.11. The maximum Gasteiger partial charge on any atom is 0.338 e. The van der Waals surface area contributed by atoms with Crippen molar-refractivity contribution in [2.75, 3.05) is 32.8 Å². The molecule has 8 nitrogen and oxygen atoms in total. The number of esters is 1. The Morgan fingerprint density at radius 2 is 1.71 bits per heavy atom. The second kappa shape index (κ2) is 10.6. The predicted octanol–water partition coefficient (Wildman–Crippen LogP) is 1.66. The molecule has 0 radical (unpaired) electrons. The van der Waals surface area contributed by atoms with Gasteiger partial charge >= 0.3 is 12.0 Å². The van der Waals surface area contributed by atoms with E-state index in [0.29, 0.717) is 18.7 Å². The van der Waals surface area contributed by atoms with Crippen molar-refractivity contribution >= 4 is 17.9 Å². The van der Waals surface area contributed by atoms with Crippen molar-refractivity contribution in [1.82, 2.24) is 15.1 Å². The zero-order chi connectivity index (χ0) is 22.2. The van der Waals surface area contributed by atoms with Crippen molar-refractivity contribution in [2.45, 2.75) is 20.0 Å². The Morgan fingerprint density at radius 3 is 2.35 bits per heavy atom. The average Bonchev–Trinajstić information content (AvgIpc) is 2.76. The highest BCUT2D eigenvalue weighted by atomic mass is 16.5. The third kappa shape index (κ3) is 6.82. The molecule has 0 aromatic heterocycles. The number of piperazine rings is 1. The molecular weight excluding hydrogens is 396 g/mol. The van der Waals surface area contributed by atoms with Crippen LogP contribution in [0.15, 0.2) is 48.5 Å². The van der Waals surface area contributed by atoms with Crippen LogP contribution in [0.4, 0.5) is 4.79 Å². The number of urea groups is 1. The summed E-state index contributed by atoms with van der Waals surface area (Å²) in [6.07, 6.45) is 0. The van der Waals surface area contributed by atoms with E-state index < -0.39 is 12.0 Å². The Morgan fingerprint density at radius 1 is 1.00 bits per heavy atom. The van der Waals surface area contributed by atoms with Crippen LogP contribution in [0.5, 0.6) is 0 Å². The largest absolute Gasteiger partial charge is 0.452 e. The van der Waals surface area contributed by atoms with Gasteiger partial charge in [-0.1, -0.05) is 42.0 Å². The lowest BCUT2D eigenvalue weighted by atomic mass is 10.1. The Hall–Kier alpha value is -3.39. The predicted molar refractivity (Wildman–Crippen MR) is 116 cm³/mol. The van der Waals surface area contributed by atoms with E-state index >= 15 is 0 Å². The molecule has 1 fully saturated rings. The van der Waals surface area contributed by atoms with Gasteiger partial charge in [0.15, 0.2) is 6.61 Å². The molecule has 2 aromatic rings. The lowest BCUT2D eigenvalue weighted by Gasteiger charge is -2.34. The third-order valence-electron chi connectivity index (χ3n) is 5.20. The highest BCUT2D eigenvalue weighted by molar-refractivity contribution is 5.91. The van der Waals surface area contributed by atoms with Gasteiger partial charge < -0.3 is 20.7 Å². The molecule has 1 saturated heterocycles. The molecular formula is C23H28N4O4. The molecule has 0 aliphatic carbocycles. The fourth-order valence-electron chi connectivity index (χ4n) is 3.47. The number of nitrogens with one attached hydrogen (secondary N) is 1. The van der Waals surface area contributed by atoms with Crippen molar-refractivity contribution < 1.29 is 19.1 Å². The second-order valence-corrected chi connectivity index (χ2v) is 7.64. The summed E-state index contributed by atoms with van der Waals surface area (Å²) in [5.41, 5.74) is 8.69. The van der Waals surface area contributed by atoms with Crippen molar-refractivity contribution in [3.8, 4) is 0 Å². The summed E-state index contributed by atoms with van der Waals surface area (Å²) in [7, 11) is 0. The first-order valence-electron chi connectivity index (χ1n) is 10.3. The number of nitrogens with two attached hydrogens (primary N) is 1. The van der Waals surface area contributed by atoms with Gasteiger partial charge in [-0.2, -0.15) is 0 Å². The molecule has 1 aliphatic rings. The summed E-state index contributed by atoms with van der Waals surface area (Å²) in [5.74, 6) is -0.744. The van der Waals surface area contributed by atoms with Crippen molar-refractivity contribution in [3.63, 3.8) is 0 Å². The topological polar surface area (TPSA) is 105 Å². The van der Waals surface area contributed by atoms with Crippen molar-refractivity contribution in [3.05, 3.63) is 70.8 Å². The van der Waals surface area contributed by atoms with Gasteiger partial charge in [-0.05, 0) is 30.2 Å². The summed E-state index contributed by atoms with van der Waals surface area (Å²) < 4.78 is 5.18. The molecule has 1 aliphatic heterocycles. The molecule has 0 spiro atoms. The van der Waals surface area contributed by atoms with Crippen LogP contribution in [0.3, 0.4) is 0 Å². The molecule has 1 heterocycles. The number of carbonyl (C=O) groups is 3. The van der Waals surface area contributed by atoms with E-state index in [0.717, 1.165) is 25.2 Å². The fourth-order valence-corrected chi connectivity index (χ4v) is 3.47. The van der Waals surface area contributed by atoms with E-state index in [9.17, 15) is 14.4 Å². The Kier molecular flexibility index (Phi) is 7.61. The zero-order valence-electron chi connectivity index (χ0n) is 17.7. The Labute approximate surface area is 182 Å². The maximum atomic E-state index is 12.4. The van der Waals surface area contributed by atoms with Gasteiger partial charge in [0, 0.05) is 39.3 Å². The van der Waals surface area contributed by atoms with E-state index in [-0.39, 0.29) is 19.1 Å². The summed E-state index contributed by atoms with van der Waals surface area (Å²) in [4.78, 5) is 39.4. The summed E-state index contributed by atoms with van der Waals surface area (Å²) in [6.45, 7) is 5.75. The summed E-state index contributed by atoms with van der Waals surface area (Å²) in [5, 5.41) is 2.47. The molecule has 0 unspecified atom stereocenters. The first kappa shape index (κ1) is 22.3. The number of benzene rings is 2. The molecule has 8 heteroatoms. The molecule has 3 amide bonds. The van der Waals surface area contributed by atoms with Gasteiger partial charge in [0.1, 0.15) is 0 Å². The number of amides is 3. The number of nitrogens with zero attached hydrogens (tertiary/aromatic N) is 2. The van der Waals surface area contributed by atoms with Gasteiger partial charge in [0.05, 0.1) is 5.56 Å². The van der Waals surface area contributed by atoms with Crippen LogP contribution in [0.1, 0.15) is 27.0 Å². The Bertz CT molecular complexity index is 921. The van der Waals surface area contributed by atoms with Crippen molar-refractivity contribution in [2.24, 2.45) is 5.73 Å². The number of carbonyl (C=O) groups excluding carboxylic acids is 3. The number of primary amides is 1. The normalized spacial score (nSPS) is 14.2. The molecule has 3 rings (SSSR count). The number of aryl methyl sites for hydroxylation is 1. The molecule has 31 heavy (non-hydrogen) atoms. The Balaban J connectivity index is 1.40. The van der Waals surface area contributed by atoms with Gasteiger partial charge in [0.25, 0.3) is 5.91 Å². The fraction of sp³-hybridized carbons (Fsp3) is 0.348. The zero-order valence-corrected chi connectivity index (χ0v) is 17.7. The van der Waals surface area contributed by atoms with Crippen LogP contribution in [-0.2, 0) is 22.6 Å². The van der Waals surface area contributed by atoms with Crippen molar-refractivity contribution in [1.29, 1.82) is 0 Å². The third-order valence-corrected chi connectivity index (χ3v) is 5.20. The van der Waals surface area contributed by atoms with Crippen LogP contribution in [0.2, 0.25) is 0 Å². The van der Waals surface area contributed by atoms with E-state index in [1.54, 1.807) is 29.2 Å². The number of hydrogen-bond donors (Lipinski definition) is 2. The van der Waals surface area contributed by atoms with E-state index in [4.69, 9.17) is 10.5 Å². The van der Waals surface area contributed by atoms with Crippen LogP contribution in [0, 0.1) is 6.92 Å². The monoisotopic (exact) mass is 424 g/mol. The van der Waals surface area contributed by atoms with E-state index in [1.165, 1.54) is 11.1 Å². The molecule has 3 N–H and O–H groups in total. The summed E-state index contributed by atoms with van der Waals surface area (Å²) in [6, 6.07) is 14.4. The maximum absolute atomic E-state index is 12.4. The minimum absolute atomic E-state index is 0.189. The highest BCUT2D eigenvalue weighted by Gasteiger charge is 2.22. The first-order chi connectivity index (χ1) is 14.9. The molecule has 0 bridgehead atoms. The van der Waals surface area contributed by atoms with Crippen LogP contribution in [0.25, 0.3) is 0 Å². The quantitative estimate of drug-likeness (QED) is 0.658. The molecule has 0 atom stereocenters.